The van der Waals surface area contributed by atoms with Gasteiger partial charge in [-0.15, -0.1) is 0 Å². The summed E-state index contributed by atoms with van der Waals surface area (Å²) in [5.41, 5.74) is 7.37. The van der Waals surface area contributed by atoms with Crippen LogP contribution in [-0.2, 0) is 9.59 Å². The Morgan fingerprint density at radius 2 is 1.70 bits per heavy atom. The molecule has 37 heavy (non-hydrogen) atoms. The number of nitrogens with zero attached hydrogens (tertiary/aromatic N) is 4. The smallest absolute Gasteiger partial charge is 0.228 e. The van der Waals surface area contributed by atoms with Crippen LogP contribution in [0.4, 0.5) is 0 Å². The molecule has 1 aromatic carbocycles. The molecule has 1 saturated carbocycles. The summed E-state index contributed by atoms with van der Waals surface area (Å²) in [6.45, 7) is 11.4. The van der Waals surface area contributed by atoms with Gasteiger partial charge in [0.05, 0.1) is 12.0 Å². The zero-order valence-corrected chi connectivity index (χ0v) is 23.7. The first kappa shape index (κ1) is 27.7. The SMILES string of the molecule is CCN=C(N)N1C[C@H](C(=O)N2CCC(N(C(=O)C(C)C)C3CCC(C)CC3)C2)[C@H](c2ccc(Cl)cc2)C1. The van der Waals surface area contributed by atoms with E-state index < -0.39 is 0 Å². The molecule has 0 radical (unpaired) electrons. The van der Waals surface area contributed by atoms with Crippen molar-refractivity contribution in [1.82, 2.24) is 14.7 Å². The van der Waals surface area contributed by atoms with Crippen molar-refractivity contribution in [2.45, 2.75) is 77.8 Å². The van der Waals surface area contributed by atoms with Gasteiger partial charge in [0, 0.05) is 55.6 Å². The van der Waals surface area contributed by atoms with Crippen molar-refractivity contribution < 1.29 is 9.59 Å². The fourth-order valence-corrected chi connectivity index (χ4v) is 6.56. The van der Waals surface area contributed by atoms with E-state index in [1.165, 1.54) is 12.8 Å². The number of benzene rings is 1. The molecular formula is C29H44ClN5O2. The second kappa shape index (κ2) is 12.1. The van der Waals surface area contributed by atoms with Crippen molar-refractivity contribution in [2.75, 3.05) is 32.7 Å². The first-order valence-electron chi connectivity index (χ1n) is 14.1. The highest BCUT2D eigenvalue weighted by molar-refractivity contribution is 6.30. The number of amides is 2. The van der Waals surface area contributed by atoms with Gasteiger partial charge in [-0.2, -0.15) is 0 Å². The van der Waals surface area contributed by atoms with Gasteiger partial charge in [-0.3, -0.25) is 14.6 Å². The van der Waals surface area contributed by atoms with Crippen LogP contribution < -0.4 is 5.73 Å². The molecule has 3 aliphatic rings. The predicted molar refractivity (Wildman–Crippen MR) is 150 cm³/mol. The van der Waals surface area contributed by atoms with Gasteiger partial charge < -0.3 is 20.4 Å². The second-order valence-corrected chi connectivity index (χ2v) is 12.0. The van der Waals surface area contributed by atoms with Crippen LogP contribution in [0.5, 0.6) is 0 Å². The largest absolute Gasteiger partial charge is 0.370 e. The molecule has 2 saturated heterocycles. The molecule has 0 aromatic heterocycles. The molecule has 3 fully saturated rings. The first-order valence-corrected chi connectivity index (χ1v) is 14.5. The van der Waals surface area contributed by atoms with Gasteiger partial charge in [0.25, 0.3) is 0 Å². The number of aliphatic imine (C=N–C) groups is 1. The Kier molecular flexibility index (Phi) is 9.04. The lowest BCUT2D eigenvalue weighted by molar-refractivity contribution is -0.142. The molecule has 4 rings (SSSR count). The van der Waals surface area contributed by atoms with Gasteiger partial charge in [-0.1, -0.05) is 44.5 Å². The fourth-order valence-electron chi connectivity index (χ4n) is 6.43. The summed E-state index contributed by atoms with van der Waals surface area (Å²) in [6.07, 6.45) is 5.32. The van der Waals surface area contributed by atoms with Crippen molar-refractivity contribution in [3.05, 3.63) is 34.9 Å². The summed E-state index contributed by atoms with van der Waals surface area (Å²) in [6, 6.07) is 8.19. The van der Waals surface area contributed by atoms with E-state index in [9.17, 15) is 9.59 Å². The fraction of sp³-hybridized carbons (Fsp3) is 0.690. The topological polar surface area (TPSA) is 82.2 Å². The van der Waals surface area contributed by atoms with Crippen molar-refractivity contribution in [2.24, 2.45) is 28.5 Å². The van der Waals surface area contributed by atoms with E-state index in [1.54, 1.807) is 0 Å². The molecule has 7 nitrogen and oxygen atoms in total. The summed E-state index contributed by atoms with van der Waals surface area (Å²) >= 11 is 6.15. The van der Waals surface area contributed by atoms with E-state index in [0.29, 0.717) is 49.7 Å². The third-order valence-electron chi connectivity index (χ3n) is 8.57. The molecule has 1 aliphatic carbocycles. The van der Waals surface area contributed by atoms with Crippen molar-refractivity contribution in [3.63, 3.8) is 0 Å². The molecule has 8 heteroatoms. The number of likely N-dealkylation sites (tertiary alicyclic amines) is 2. The Balaban J connectivity index is 1.52. The Hall–Kier alpha value is -2.28. The summed E-state index contributed by atoms with van der Waals surface area (Å²) in [4.78, 5) is 38.0. The number of guanidine groups is 1. The average molecular weight is 530 g/mol. The predicted octanol–water partition coefficient (Wildman–Crippen LogP) is 4.35. The summed E-state index contributed by atoms with van der Waals surface area (Å²) in [7, 11) is 0. The van der Waals surface area contributed by atoms with Crippen LogP contribution in [0.15, 0.2) is 29.3 Å². The molecule has 1 unspecified atom stereocenters. The molecule has 2 heterocycles. The number of carbonyl (C=O) groups is 2. The third-order valence-corrected chi connectivity index (χ3v) is 8.83. The Morgan fingerprint density at radius 1 is 1.03 bits per heavy atom. The standard InChI is InChI=1S/C29H44ClN5O2/c1-5-32-29(31)34-17-25(21-8-10-22(30)11-9-21)26(18-34)28(37)33-15-14-24(16-33)35(27(36)19(2)3)23-12-6-20(4)7-13-23/h8-11,19-20,23-26H,5-7,12-18H2,1-4H3,(H2,31,32)/t20?,23?,24?,25-,26-/m0/s1. The van der Waals surface area contributed by atoms with Gasteiger partial charge >= 0.3 is 0 Å². The molecule has 1 aromatic rings. The summed E-state index contributed by atoms with van der Waals surface area (Å²) in [5, 5.41) is 0.683. The van der Waals surface area contributed by atoms with Gasteiger partial charge in [0.2, 0.25) is 11.8 Å². The van der Waals surface area contributed by atoms with Gasteiger partial charge in [-0.25, -0.2) is 0 Å². The molecule has 0 spiro atoms. The Labute approximate surface area is 227 Å². The van der Waals surface area contributed by atoms with Gasteiger partial charge in [0.15, 0.2) is 5.96 Å². The highest BCUT2D eigenvalue weighted by Crippen LogP contribution is 2.36. The second-order valence-electron chi connectivity index (χ2n) is 11.5. The zero-order chi connectivity index (χ0) is 26.7. The normalized spacial score (nSPS) is 28.7. The van der Waals surface area contributed by atoms with Gasteiger partial charge in [-0.05, 0) is 62.6 Å². The lowest BCUT2D eigenvalue weighted by Crippen LogP contribution is -2.51. The van der Waals surface area contributed by atoms with Crippen LogP contribution in [0, 0.1) is 17.8 Å². The van der Waals surface area contributed by atoms with E-state index >= 15 is 0 Å². The minimum atomic E-state index is -0.213. The maximum atomic E-state index is 14.0. The van der Waals surface area contributed by atoms with E-state index in [-0.39, 0.29) is 35.6 Å². The number of halogens is 1. The van der Waals surface area contributed by atoms with Crippen molar-refractivity contribution in [1.29, 1.82) is 0 Å². The Morgan fingerprint density at radius 3 is 2.32 bits per heavy atom. The van der Waals surface area contributed by atoms with Crippen LogP contribution in [-0.4, -0.2) is 77.3 Å². The third kappa shape index (κ3) is 6.24. The van der Waals surface area contributed by atoms with Crippen LogP contribution in [0.1, 0.15) is 71.3 Å². The number of nitrogens with two attached hydrogens (primary N) is 1. The monoisotopic (exact) mass is 529 g/mol. The average Bonchev–Trinajstić information content (AvgIpc) is 3.54. The number of rotatable bonds is 6. The maximum Gasteiger partial charge on any atom is 0.228 e. The van der Waals surface area contributed by atoms with Crippen LogP contribution in [0.2, 0.25) is 5.02 Å². The quantitative estimate of drug-likeness (QED) is 0.438. The minimum Gasteiger partial charge on any atom is -0.370 e. The van der Waals surface area contributed by atoms with Crippen LogP contribution >= 0.6 is 11.6 Å². The summed E-state index contributed by atoms with van der Waals surface area (Å²) in [5.74, 6) is 1.38. The number of hydrogen-bond donors (Lipinski definition) is 1. The summed E-state index contributed by atoms with van der Waals surface area (Å²) < 4.78 is 0. The van der Waals surface area contributed by atoms with Crippen molar-refractivity contribution in [3.8, 4) is 0 Å². The first-order chi connectivity index (χ1) is 17.7. The molecule has 2 amide bonds. The maximum absolute atomic E-state index is 14.0. The van der Waals surface area contributed by atoms with E-state index in [1.807, 2.05) is 54.8 Å². The van der Waals surface area contributed by atoms with Gasteiger partial charge in [0.1, 0.15) is 0 Å². The lowest BCUT2D eigenvalue weighted by Gasteiger charge is -2.41. The zero-order valence-electron chi connectivity index (χ0n) is 22.9. The minimum absolute atomic E-state index is 0.0163. The lowest BCUT2D eigenvalue weighted by atomic mass is 9.85. The Bertz CT molecular complexity index is 973. The molecule has 204 valence electrons. The van der Waals surface area contributed by atoms with E-state index in [2.05, 4.69) is 16.8 Å². The number of hydrogen-bond acceptors (Lipinski definition) is 3. The molecular weight excluding hydrogens is 486 g/mol. The van der Waals surface area contributed by atoms with E-state index in [4.69, 9.17) is 17.3 Å². The molecule has 3 atom stereocenters. The van der Waals surface area contributed by atoms with E-state index in [0.717, 1.165) is 30.7 Å². The highest BCUT2D eigenvalue weighted by Gasteiger charge is 2.44. The van der Waals surface area contributed by atoms with Crippen molar-refractivity contribution >= 4 is 29.4 Å². The molecule has 2 aliphatic heterocycles. The van der Waals surface area contributed by atoms with Crippen LogP contribution in [0.3, 0.4) is 0 Å². The van der Waals surface area contributed by atoms with Crippen LogP contribution in [0.25, 0.3) is 0 Å². The molecule has 2 N–H and O–H groups in total. The highest BCUT2D eigenvalue weighted by atomic mass is 35.5. The number of carbonyl (C=O) groups excluding carboxylic acids is 2. The molecule has 0 bridgehead atoms.